The summed E-state index contributed by atoms with van der Waals surface area (Å²) >= 11 is 3.44. The second-order valence-corrected chi connectivity index (χ2v) is 5.53. The van der Waals surface area contributed by atoms with E-state index in [-0.39, 0.29) is 5.91 Å². The summed E-state index contributed by atoms with van der Waals surface area (Å²) in [7, 11) is 0. The number of carbonyl (C=O) groups excluding carboxylic acids is 1. The molecule has 0 radical (unpaired) electrons. The second kappa shape index (κ2) is 6.02. The molecule has 0 fully saturated rings. The van der Waals surface area contributed by atoms with Crippen LogP contribution >= 0.6 is 15.9 Å². The average molecular weight is 318 g/mol. The molecule has 0 saturated carbocycles. The summed E-state index contributed by atoms with van der Waals surface area (Å²) in [5, 5.41) is 2.91. The first-order chi connectivity index (χ1) is 9.04. The zero-order valence-electron chi connectivity index (χ0n) is 11.0. The van der Waals surface area contributed by atoms with Crippen molar-refractivity contribution >= 4 is 27.5 Å². The molecule has 0 aliphatic rings. The van der Waals surface area contributed by atoms with Gasteiger partial charge in [-0.25, -0.2) is 0 Å². The molecule has 0 bridgehead atoms. The zero-order chi connectivity index (χ0) is 13.8. The molecule has 1 amide bonds. The smallest absolute Gasteiger partial charge is 0.228 e. The highest BCUT2D eigenvalue weighted by atomic mass is 79.9. The predicted molar refractivity (Wildman–Crippen MR) is 82.4 cm³/mol. The molecule has 0 atom stereocenters. The topological polar surface area (TPSA) is 29.1 Å². The van der Waals surface area contributed by atoms with Gasteiger partial charge in [0.05, 0.1) is 6.42 Å². The van der Waals surface area contributed by atoms with E-state index >= 15 is 0 Å². The molecule has 0 spiro atoms. The molecule has 2 aromatic carbocycles. The number of benzene rings is 2. The van der Waals surface area contributed by atoms with Crippen LogP contribution in [0.4, 0.5) is 5.69 Å². The lowest BCUT2D eigenvalue weighted by molar-refractivity contribution is -0.115. The van der Waals surface area contributed by atoms with E-state index in [1.54, 1.807) is 0 Å². The number of hydrogen-bond donors (Lipinski definition) is 1. The van der Waals surface area contributed by atoms with Crippen molar-refractivity contribution in [2.24, 2.45) is 0 Å². The number of amides is 1. The molecule has 0 saturated heterocycles. The van der Waals surface area contributed by atoms with E-state index in [0.29, 0.717) is 6.42 Å². The van der Waals surface area contributed by atoms with Crippen LogP contribution < -0.4 is 5.32 Å². The molecular weight excluding hydrogens is 302 g/mol. The molecule has 0 aromatic heterocycles. The third kappa shape index (κ3) is 3.93. The van der Waals surface area contributed by atoms with Crippen molar-refractivity contribution in [3.63, 3.8) is 0 Å². The molecule has 0 aliphatic carbocycles. The number of halogens is 1. The standard InChI is InChI=1S/C16H16BrNO/c1-11-3-5-13(6-4-11)10-16(19)18-14-7-8-15(17)12(2)9-14/h3-9H,10H2,1-2H3,(H,18,19). The Hall–Kier alpha value is -1.61. The normalized spacial score (nSPS) is 10.3. The fourth-order valence-electron chi connectivity index (χ4n) is 1.82. The first-order valence-corrected chi connectivity index (χ1v) is 6.95. The summed E-state index contributed by atoms with van der Waals surface area (Å²) < 4.78 is 1.05. The van der Waals surface area contributed by atoms with Gasteiger partial charge < -0.3 is 5.32 Å². The van der Waals surface area contributed by atoms with E-state index < -0.39 is 0 Å². The Morgan fingerprint density at radius 1 is 1.11 bits per heavy atom. The lowest BCUT2D eigenvalue weighted by Crippen LogP contribution is -2.14. The molecule has 0 aliphatic heterocycles. The number of aryl methyl sites for hydroxylation is 2. The first-order valence-electron chi connectivity index (χ1n) is 6.16. The molecule has 0 unspecified atom stereocenters. The summed E-state index contributed by atoms with van der Waals surface area (Å²) in [6.45, 7) is 4.04. The van der Waals surface area contributed by atoms with Crippen LogP contribution in [-0.2, 0) is 11.2 Å². The van der Waals surface area contributed by atoms with E-state index in [9.17, 15) is 4.79 Å². The van der Waals surface area contributed by atoms with Gasteiger partial charge in [-0.3, -0.25) is 4.79 Å². The Labute approximate surface area is 122 Å². The number of hydrogen-bond acceptors (Lipinski definition) is 1. The summed E-state index contributed by atoms with van der Waals surface area (Å²) in [6, 6.07) is 13.8. The molecule has 19 heavy (non-hydrogen) atoms. The molecule has 98 valence electrons. The maximum absolute atomic E-state index is 11.9. The maximum Gasteiger partial charge on any atom is 0.228 e. The van der Waals surface area contributed by atoms with Crippen LogP contribution in [0, 0.1) is 13.8 Å². The first kappa shape index (κ1) is 13.8. The number of nitrogens with one attached hydrogen (secondary N) is 1. The number of anilines is 1. The van der Waals surface area contributed by atoms with Crippen molar-refractivity contribution < 1.29 is 4.79 Å². The largest absolute Gasteiger partial charge is 0.326 e. The Kier molecular flexibility index (Phi) is 4.38. The van der Waals surface area contributed by atoms with E-state index in [4.69, 9.17) is 0 Å². The van der Waals surface area contributed by atoms with Crippen molar-refractivity contribution in [3.05, 3.63) is 63.6 Å². The van der Waals surface area contributed by atoms with Gasteiger partial charge in [0, 0.05) is 10.2 Å². The number of rotatable bonds is 3. The van der Waals surface area contributed by atoms with E-state index in [1.165, 1.54) is 5.56 Å². The minimum Gasteiger partial charge on any atom is -0.326 e. The molecule has 3 heteroatoms. The Morgan fingerprint density at radius 2 is 1.79 bits per heavy atom. The van der Waals surface area contributed by atoms with Crippen LogP contribution in [0.3, 0.4) is 0 Å². The number of carbonyl (C=O) groups is 1. The highest BCUT2D eigenvalue weighted by Crippen LogP contribution is 2.20. The monoisotopic (exact) mass is 317 g/mol. The zero-order valence-corrected chi connectivity index (χ0v) is 12.6. The van der Waals surface area contributed by atoms with Crippen molar-refractivity contribution in [3.8, 4) is 0 Å². The fourth-order valence-corrected chi connectivity index (χ4v) is 2.07. The van der Waals surface area contributed by atoms with Crippen LogP contribution in [-0.4, -0.2) is 5.91 Å². The van der Waals surface area contributed by atoms with Crippen LogP contribution in [0.25, 0.3) is 0 Å². The average Bonchev–Trinajstić information content (AvgIpc) is 2.37. The van der Waals surface area contributed by atoms with Gasteiger partial charge in [-0.15, -0.1) is 0 Å². The Bertz CT molecular complexity index is 590. The van der Waals surface area contributed by atoms with Gasteiger partial charge in [0.1, 0.15) is 0 Å². The van der Waals surface area contributed by atoms with Crippen LogP contribution in [0.15, 0.2) is 46.9 Å². The van der Waals surface area contributed by atoms with Gasteiger partial charge in [-0.2, -0.15) is 0 Å². The quantitative estimate of drug-likeness (QED) is 0.901. The SMILES string of the molecule is Cc1ccc(CC(=O)Nc2ccc(Br)c(C)c2)cc1. The highest BCUT2D eigenvalue weighted by molar-refractivity contribution is 9.10. The minimum absolute atomic E-state index is 0.00516. The van der Waals surface area contributed by atoms with E-state index in [1.807, 2.05) is 56.3 Å². The predicted octanol–water partition coefficient (Wildman–Crippen LogP) is 4.25. The lowest BCUT2D eigenvalue weighted by atomic mass is 10.1. The Morgan fingerprint density at radius 3 is 2.42 bits per heavy atom. The molecule has 1 N–H and O–H groups in total. The molecule has 2 nitrogen and oxygen atoms in total. The summed E-state index contributed by atoms with van der Waals surface area (Å²) in [5.41, 5.74) is 4.16. The van der Waals surface area contributed by atoms with Crippen molar-refractivity contribution in [1.29, 1.82) is 0 Å². The Balaban J connectivity index is 2.01. The van der Waals surface area contributed by atoms with Gasteiger partial charge in [0.15, 0.2) is 0 Å². The van der Waals surface area contributed by atoms with Crippen LogP contribution in [0.5, 0.6) is 0 Å². The minimum atomic E-state index is 0.00516. The third-order valence-electron chi connectivity index (χ3n) is 2.93. The van der Waals surface area contributed by atoms with Crippen molar-refractivity contribution in [2.45, 2.75) is 20.3 Å². The third-order valence-corrected chi connectivity index (χ3v) is 3.82. The summed E-state index contributed by atoms with van der Waals surface area (Å²) in [6.07, 6.45) is 0.398. The van der Waals surface area contributed by atoms with Crippen molar-refractivity contribution in [2.75, 3.05) is 5.32 Å². The van der Waals surface area contributed by atoms with Gasteiger partial charge in [0.2, 0.25) is 5.91 Å². The molecule has 0 heterocycles. The molecule has 2 aromatic rings. The van der Waals surface area contributed by atoms with Gasteiger partial charge in [-0.1, -0.05) is 45.8 Å². The van der Waals surface area contributed by atoms with E-state index in [2.05, 4.69) is 21.2 Å². The second-order valence-electron chi connectivity index (χ2n) is 4.67. The highest BCUT2D eigenvalue weighted by Gasteiger charge is 2.05. The van der Waals surface area contributed by atoms with Crippen LogP contribution in [0.1, 0.15) is 16.7 Å². The maximum atomic E-state index is 11.9. The fraction of sp³-hybridized carbons (Fsp3) is 0.188. The van der Waals surface area contributed by atoms with E-state index in [0.717, 1.165) is 21.3 Å². The lowest BCUT2D eigenvalue weighted by Gasteiger charge is -2.07. The molecular formula is C16H16BrNO. The van der Waals surface area contributed by atoms with Gasteiger partial charge in [-0.05, 0) is 43.2 Å². The summed E-state index contributed by atoms with van der Waals surface area (Å²) in [5.74, 6) is 0.00516. The van der Waals surface area contributed by atoms with Gasteiger partial charge >= 0.3 is 0 Å². The summed E-state index contributed by atoms with van der Waals surface area (Å²) in [4.78, 5) is 11.9. The molecule has 2 rings (SSSR count). The van der Waals surface area contributed by atoms with Gasteiger partial charge in [0.25, 0.3) is 0 Å². The van der Waals surface area contributed by atoms with Crippen LogP contribution in [0.2, 0.25) is 0 Å². The van der Waals surface area contributed by atoms with Crippen molar-refractivity contribution in [1.82, 2.24) is 0 Å².